The molecule has 1 aliphatic rings. The SMILES string of the molecule is C[C@H](C(=O)NCc1cc(C2=C(C(C)(C)C)CCCC2)n[nH]1)c1ccc(NS(C)(=O)=O)c(F)c1. The molecule has 0 saturated heterocycles. The van der Waals surface area contributed by atoms with E-state index in [1.54, 1.807) is 13.0 Å². The Morgan fingerprint density at radius 2 is 1.91 bits per heavy atom. The van der Waals surface area contributed by atoms with E-state index in [0.29, 0.717) is 5.56 Å². The first-order valence-corrected chi connectivity index (χ1v) is 13.1. The molecule has 180 valence electrons. The van der Waals surface area contributed by atoms with Crippen molar-refractivity contribution in [2.75, 3.05) is 11.0 Å². The van der Waals surface area contributed by atoms with E-state index >= 15 is 0 Å². The number of H-pyrrole nitrogens is 1. The van der Waals surface area contributed by atoms with Crippen LogP contribution in [0.15, 0.2) is 29.8 Å². The van der Waals surface area contributed by atoms with Gasteiger partial charge < -0.3 is 5.32 Å². The molecule has 0 unspecified atom stereocenters. The average Bonchev–Trinajstić information content (AvgIpc) is 3.20. The second-order valence-corrected chi connectivity index (χ2v) is 11.5. The molecule has 1 aliphatic carbocycles. The number of carbonyl (C=O) groups is 1. The van der Waals surface area contributed by atoms with E-state index in [-0.39, 0.29) is 23.6 Å². The summed E-state index contributed by atoms with van der Waals surface area (Å²) in [5, 5.41) is 10.4. The second-order valence-electron chi connectivity index (χ2n) is 9.75. The number of rotatable bonds is 7. The first kappa shape index (κ1) is 25.0. The third kappa shape index (κ3) is 6.43. The Morgan fingerprint density at radius 1 is 1.21 bits per heavy atom. The van der Waals surface area contributed by atoms with Crippen LogP contribution in [0.25, 0.3) is 5.57 Å². The third-order valence-electron chi connectivity index (χ3n) is 5.95. The Labute approximate surface area is 195 Å². The molecule has 9 heteroatoms. The van der Waals surface area contributed by atoms with Gasteiger partial charge in [0.1, 0.15) is 5.82 Å². The van der Waals surface area contributed by atoms with Gasteiger partial charge in [-0.3, -0.25) is 14.6 Å². The number of sulfonamides is 1. The molecule has 0 bridgehead atoms. The van der Waals surface area contributed by atoms with Crippen LogP contribution in [0.4, 0.5) is 10.1 Å². The fourth-order valence-electron chi connectivity index (χ4n) is 4.19. The zero-order valence-electron chi connectivity index (χ0n) is 19.9. The zero-order valence-corrected chi connectivity index (χ0v) is 20.7. The number of nitrogens with one attached hydrogen (secondary N) is 3. The van der Waals surface area contributed by atoms with E-state index in [9.17, 15) is 17.6 Å². The van der Waals surface area contributed by atoms with Gasteiger partial charge in [-0.25, -0.2) is 12.8 Å². The van der Waals surface area contributed by atoms with Crippen LogP contribution in [-0.4, -0.2) is 30.8 Å². The van der Waals surface area contributed by atoms with Crippen LogP contribution in [0.2, 0.25) is 0 Å². The molecule has 33 heavy (non-hydrogen) atoms. The monoisotopic (exact) mass is 476 g/mol. The van der Waals surface area contributed by atoms with Gasteiger partial charge in [-0.15, -0.1) is 0 Å². The molecular weight excluding hydrogens is 443 g/mol. The topological polar surface area (TPSA) is 104 Å². The van der Waals surface area contributed by atoms with Crippen molar-refractivity contribution >= 4 is 27.2 Å². The molecule has 7 nitrogen and oxygen atoms in total. The van der Waals surface area contributed by atoms with E-state index in [1.165, 1.54) is 29.7 Å². The highest BCUT2D eigenvalue weighted by atomic mass is 32.2. The molecule has 0 saturated carbocycles. The molecule has 0 spiro atoms. The van der Waals surface area contributed by atoms with Crippen LogP contribution >= 0.6 is 0 Å². The van der Waals surface area contributed by atoms with Crippen LogP contribution in [0, 0.1) is 11.2 Å². The molecule has 3 N–H and O–H groups in total. The van der Waals surface area contributed by atoms with Gasteiger partial charge in [0, 0.05) is 0 Å². The maximum absolute atomic E-state index is 14.3. The van der Waals surface area contributed by atoms with Crippen molar-refractivity contribution in [2.45, 2.75) is 65.8 Å². The van der Waals surface area contributed by atoms with Crippen molar-refractivity contribution in [3.63, 3.8) is 0 Å². The Balaban J connectivity index is 1.66. The number of anilines is 1. The highest BCUT2D eigenvalue weighted by Crippen LogP contribution is 2.41. The minimum atomic E-state index is -3.59. The fraction of sp³-hybridized carbons (Fsp3) is 0.500. The Hall–Kier alpha value is -2.68. The summed E-state index contributed by atoms with van der Waals surface area (Å²) in [6.45, 7) is 8.65. The summed E-state index contributed by atoms with van der Waals surface area (Å²) in [5.74, 6) is -1.60. The summed E-state index contributed by atoms with van der Waals surface area (Å²) >= 11 is 0. The van der Waals surface area contributed by atoms with E-state index in [4.69, 9.17) is 0 Å². The number of hydrogen-bond donors (Lipinski definition) is 3. The van der Waals surface area contributed by atoms with Crippen molar-refractivity contribution in [3.8, 4) is 0 Å². The molecule has 0 fully saturated rings. The van der Waals surface area contributed by atoms with Crippen LogP contribution in [0.1, 0.15) is 76.2 Å². The summed E-state index contributed by atoms with van der Waals surface area (Å²) in [6, 6.07) is 6.03. The van der Waals surface area contributed by atoms with Crippen molar-refractivity contribution in [3.05, 3.63) is 52.6 Å². The van der Waals surface area contributed by atoms with Crippen molar-refractivity contribution in [1.29, 1.82) is 0 Å². The Morgan fingerprint density at radius 3 is 2.55 bits per heavy atom. The smallest absolute Gasteiger partial charge is 0.229 e. The minimum Gasteiger partial charge on any atom is -0.350 e. The third-order valence-corrected chi connectivity index (χ3v) is 6.54. The van der Waals surface area contributed by atoms with Gasteiger partial charge in [0.2, 0.25) is 15.9 Å². The lowest BCUT2D eigenvalue weighted by molar-refractivity contribution is -0.122. The summed E-state index contributed by atoms with van der Waals surface area (Å²) in [4.78, 5) is 12.6. The highest BCUT2D eigenvalue weighted by Gasteiger charge is 2.25. The Kier molecular flexibility index (Phi) is 7.31. The number of hydrogen-bond acceptors (Lipinski definition) is 4. The minimum absolute atomic E-state index is 0.0974. The quantitative estimate of drug-likeness (QED) is 0.538. The van der Waals surface area contributed by atoms with E-state index in [0.717, 1.165) is 36.9 Å². The summed E-state index contributed by atoms with van der Waals surface area (Å²) in [7, 11) is -3.59. The van der Waals surface area contributed by atoms with Crippen molar-refractivity contribution < 1.29 is 17.6 Å². The van der Waals surface area contributed by atoms with Gasteiger partial charge in [-0.05, 0) is 67.4 Å². The molecule has 2 aromatic rings. The van der Waals surface area contributed by atoms with Crippen molar-refractivity contribution in [2.24, 2.45) is 5.41 Å². The van der Waals surface area contributed by atoms with Crippen LogP contribution in [0.5, 0.6) is 0 Å². The number of aromatic amines is 1. The molecule has 1 aromatic carbocycles. The molecule has 3 rings (SSSR count). The number of aromatic nitrogens is 2. The predicted octanol–water partition coefficient (Wildman–Crippen LogP) is 4.71. The number of carbonyl (C=O) groups excluding carboxylic acids is 1. The molecule has 1 amide bonds. The Bertz CT molecular complexity index is 1160. The number of allylic oxidation sites excluding steroid dienone is 2. The lowest BCUT2D eigenvalue weighted by Crippen LogP contribution is -2.27. The van der Waals surface area contributed by atoms with Crippen LogP contribution in [-0.2, 0) is 21.4 Å². The number of nitrogens with zero attached hydrogens (tertiary/aromatic N) is 1. The van der Waals surface area contributed by atoms with E-state index in [1.807, 2.05) is 6.07 Å². The number of benzene rings is 1. The summed E-state index contributed by atoms with van der Waals surface area (Å²) < 4.78 is 39.0. The number of amides is 1. The average molecular weight is 477 g/mol. The number of halogens is 1. The lowest BCUT2D eigenvalue weighted by atomic mass is 9.76. The van der Waals surface area contributed by atoms with E-state index < -0.39 is 21.8 Å². The molecule has 1 aromatic heterocycles. The fourth-order valence-corrected chi connectivity index (χ4v) is 4.76. The van der Waals surface area contributed by atoms with Gasteiger partial charge in [0.15, 0.2) is 0 Å². The largest absolute Gasteiger partial charge is 0.350 e. The molecule has 0 radical (unpaired) electrons. The molecule has 1 atom stereocenters. The van der Waals surface area contributed by atoms with Gasteiger partial charge in [-0.1, -0.05) is 32.4 Å². The summed E-state index contributed by atoms with van der Waals surface area (Å²) in [5.41, 5.74) is 4.89. The van der Waals surface area contributed by atoms with Crippen molar-refractivity contribution in [1.82, 2.24) is 15.5 Å². The van der Waals surface area contributed by atoms with Crippen LogP contribution in [0.3, 0.4) is 0 Å². The normalized spacial score (nSPS) is 15.9. The first-order valence-electron chi connectivity index (χ1n) is 11.2. The standard InChI is InChI=1S/C24H33FN4O3S/c1-15(16-10-11-21(20(25)12-16)29-33(5,31)32)23(30)26-14-17-13-22(28-27-17)18-8-6-7-9-19(18)24(2,3)4/h10-13,15,29H,6-9,14H2,1-5H3,(H,26,30)(H,27,28)/t15-/m0/s1. The summed E-state index contributed by atoms with van der Waals surface area (Å²) in [6.07, 6.45) is 5.40. The maximum atomic E-state index is 14.3. The maximum Gasteiger partial charge on any atom is 0.229 e. The van der Waals surface area contributed by atoms with E-state index in [2.05, 4.69) is 41.0 Å². The van der Waals surface area contributed by atoms with Gasteiger partial charge in [0.05, 0.1) is 35.8 Å². The zero-order chi connectivity index (χ0) is 24.4. The van der Waals surface area contributed by atoms with Gasteiger partial charge in [0.25, 0.3) is 0 Å². The van der Waals surface area contributed by atoms with Gasteiger partial charge in [-0.2, -0.15) is 5.10 Å². The molecular formula is C24H33FN4O3S. The van der Waals surface area contributed by atoms with Gasteiger partial charge >= 0.3 is 0 Å². The highest BCUT2D eigenvalue weighted by molar-refractivity contribution is 7.92. The molecule has 1 heterocycles. The second kappa shape index (κ2) is 9.67. The predicted molar refractivity (Wildman–Crippen MR) is 129 cm³/mol. The lowest BCUT2D eigenvalue weighted by Gasteiger charge is -2.29. The first-order chi connectivity index (χ1) is 15.3. The van der Waals surface area contributed by atoms with Crippen LogP contribution < -0.4 is 10.0 Å². The molecule has 0 aliphatic heterocycles.